The van der Waals surface area contributed by atoms with E-state index in [0.717, 1.165) is 23.2 Å². The van der Waals surface area contributed by atoms with Crippen molar-refractivity contribution in [3.63, 3.8) is 0 Å². The molecule has 2 aromatic rings. The first-order valence-corrected chi connectivity index (χ1v) is 9.55. The third-order valence-corrected chi connectivity index (χ3v) is 5.05. The monoisotopic (exact) mass is 380 g/mol. The number of amidine groups is 1. The van der Waals surface area contributed by atoms with Crippen molar-refractivity contribution in [3.8, 4) is 0 Å². The van der Waals surface area contributed by atoms with Crippen LogP contribution in [-0.4, -0.2) is 28.4 Å². The van der Waals surface area contributed by atoms with Gasteiger partial charge in [-0.1, -0.05) is 67.2 Å². The normalized spacial score (nSPS) is 18.0. The number of hydrogen-bond acceptors (Lipinski definition) is 5. The zero-order valence-electron chi connectivity index (χ0n) is 14.9. The lowest BCUT2D eigenvalue weighted by molar-refractivity contribution is -0.122. The van der Waals surface area contributed by atoms with Gasteiger partial charge in [-0.15, -0.1) is 5.10 Å². The lowest BCUT2D eigenvalue weighted by Gasteiger charge is -2.10. The molecule has 1 saturated heterocycles. The number of nitrogens with one attached hydrogen (secondary N) is 2. The third-order valence-electron chi connectivity index (χ3n) is 3.97. The molecule has 0 bridgehead atoms. The average molecular weight is 380 g/mol. The molecule has 7 heteroatoms. The molecule has 1 heterocycles. The van der Waals surface area contributed by atoms with E-state index < -0.39 is 5.25 Å². The standard InChI is InChI=1S/C20H20N4O2S/c1-2-15-10-6-7-11-16(15)22-18(25)12-17-19(26)23-20(27-17)24-21-13-14-8-4-3-5-9-14/h3-11,13,17H,2,12H2,1H3,(H,22,25)(H,23,24,26). The molecule has 27 heavy (non-hydrogen) atoms. The van der Waals surface area contributed by atoms with Crippen LogP contribution in [0.3, 0.4) is 0 Å². The van der Waals surface area contributed by atoms with E-state index in [1.807, 2.05) is 61.5 Å². The highest BCUT2D eigenvalue weighted by Gasteiger charge is 2.32. The fourth-order valence-corrected chi connectivity index (χ4v) is 3.52. The van der Waals surface area contributed by atoms with E-state index in [1.54, 1.807) is 6.21 Å². The number of carbonyl (C=O) groups is 2. The number of aryl methyl sites for hydroxylation is 1. The lowest BCUT2D eigenvalue weighted by Crippen LogP contribution is -2.28. The summed E-state index contributed by atoms with van der Waals surface area (Å²) in [4.78, 5) is 24.4. The molecular weight excluding hydrogens is 360 g/mol. The van der Waals surface area contributed by atoms with Crippen molar-refractivity contribution in [3.05, 3.63) is 65.7 Å². The van der Waals surface area contributed by atoms with Crippen LogP contribution in [0, 0.1) is 0 Å². The second kappa shape index (κ2) is 9.14. The summed E-state index contributed by atoms with van der Waals surface area (Å²) in [6.07, 6.45) is 2.52. The third kappa shape index (κ3) is 5.27. The second-order valence-corrected chi connectivity index (χ2v) is 7.11. The Morgan fingerprint density at radius 1 is 1.19 bits per heavy atom. The molecule has 2 N–H and O–H groups in total. The van der Waals surface area contributed by atoms with Crippen molar-refractivity contribution in [2.24, 2.45) is 10.2 Å². The van der Waals surface area contributed by atoms with Crippen molar-refractivity contribution >= 4 is 40.6 Å². The van der Waals surface area contributed by atoms with E-state index in [1.165, 1.54) is 11.8 Å². The maximum atomic E-state index is 12.3. The van der Waals surface area contributed by atoms with Gasteiger partial charge in [0.15, 0.2) is 5.17 Å². The van der Waals surface area contributed by atoms with Gasteiger partial charge in [0.1, 0.15) is 5.25 Å². The Hall–Kier alpha value is -2.93. The van der Waals surface area contributed by atoms with Crippen LogP contribution in [0.25, 0.3) is 0 Å². The number of hydrogen-bond donors (Lipinski definition) is 2. The van der Waals surface area contributed by atoms with E-state index in [9.17, 15) is 9.59 Å². The first kappa shape index (κ1) is 18.8. The maximum Gasteiger partial charge on any atom is 0.240 e. The van der Waals surface area contributed by atoms with Crippen LogP contribution in [0.2, 0.25) is 0 Å². The van der Waals surface area contributed by atoms with Gasteiger partial charge in [-0.3, -0.25) is 9.59 Å². The Balaban J connectivity index is 1.56. The van der Waals surface area contributed by atoms with Gasteiger partial charge in [-0.25, -0.2) is 0 Å². The summed E-state index contributed by atoms with van der Waals surface area (Å²) in [5, 5.41) is 13.5. The van der Waals surface area contributed by atoms with Gasteiger partial charge in [0.25, 0.3) is 0 Å². The smallest absolute Gasteiger partial charge is 0.240 e. The fourth-order valence-electron chi connectivity index (χ4n) is 2.59. The summed E-state index contributed by atoms with van der Waals surface area (Å²) in [7, 11) is 0. The summed E-state index contributed by atoms with van der Waals surface area (Å²) < 4.78 is 0. The highest BCUT2D eigenvalue weighted by molar-refractivity contribution is 8.15. The highest BCUT2D eigenvalue weighted by Crippen LogP contribution is 2.23. The molecule has 0 spiro atoms. The van der Waals surface area contributed by atoms with Crippen LogP contribution < -0.4 is 10.6 Å². The van der Waals surface area contributed by atoms with Gasteiger partial charge in [0.05, 0.1) is 6.21 Å². The fraction of sp³-hybridized carbons (Fsp3) is 0.200. The first-order chi connectivity index (χ1) is 13.2. The Bertz CT molecular complexity index is 881. The summed E-state index contributed by atoms with van der Waals surface area (Å²) in [5.41, 5.74) is 2.77. The van der Waals surface area contributed by atoms with Crippen molar-refractivity contribution in [1.82, 2.24) is 5.32 Å². The number of carbonyl (C=O) groups excluding carboxylic acids is 2. The number of benzene rings is 2. The summed E-state index contributed by atoms with van der Waals surface area (Å²) >= 11 is 1.22. The van der Waals surface area contributed by atoms with Crippen molar-refractivity contribution in [2.75, 3.05) is 5.32 Å². The lowest BCUT2D eigenvalue weighted by atomic mass is 10.1. The molecule has 0 aliphatic carbocycles. The van der Waals surface area contributed by atoms with Crippen molar-refractivity contribution in [1.29, 1.82) is 0 Å². The quantitative estimate of drug-likeness (QED) is 0.596. The minimum atomic E-state index is -0.510. The number of nitrogens with zero attached hydrogens (tertiary/aromatic N) is 2. The Kier molecular flexibility index (Phi) is 6.38. The van der Waals surface area contributed by atoms with E-state index in [2.05, 4.69) is 20.8 Å². The van der Waals surface area contributed by atoms with Gasteiger partial charge in [-0.05, 0) is 23.6 Å². The molecule has 138 valence electrons. The van der Waals surface area contributed by atoms with Crippen LogP contribution in [0.1, 0.15) is 24.5 Å². The molecular formula is C20H20N4O2S. The van der Waals surface area contributed by atoms with E-state index in [0.29, 0.717) is 5.17 Å². The molecule has 1 unspecified atom stereocenters. The van der Waals surface area contributed by atoms with Crippen LogP contribution in [0.5, 0.6) is 0 Å². The molecule has 2 aromatic carbocycles. The zero-order valence-corrected chi connectivity index (χ0v) is 15.7. The summed E-state index contributed by atoms with van der Waals surface area (Å²) in [5.74, 6) is -0.426. The largest absolute Gasteiger partial charge is 0.326 e. The number of thioether (sulfide) groups is 1. The van der Waals surface area contributed by atoms with Crippen LogP contribution >= 0.6 is 11.8 Å². The highest BCUT2D eigenvalue weighted by atomic mass is 32.2. The number of anilines is 1. The van der Waals surface area contributed by atoms with Crippen molar-refractivity contribution in [2.45, 2.75) is 25.0 Å². The number of para-hydroxylation sites is 1. The van der Waals surface area contributed by atoms with Gasteiger partial charge >= 0.3 is 0 Å². The van der Waals surface area contributed by atoms with Gasteiger partial charge in [-0.2, -0.15) is 5.10 Å². The zero-order chi connectivity index (χ0) is 19.1. The topological polar surface area (TPSA) is 82.9 Å². The average Bonchev–Trinajstić information content (AvgIpc) is 3.02. The summed E-state index contributed by atoms with van der Waals surface area (Å²) in [6, 6.07) is 17.2. The Labute approximate surface area is 162 Å². The van der Waals surface area contributed by atoms with E-state index in [4.69, 9.17) is 0 Å². The molecule has 0 saturated carbocycles. The van der Waals surface area contributed by atoms with Crippen LogP contribution in [0.15, 0.2) is 64.8 Å². The van der Waals surface area contributed by atoms with Crippen molar-refractivity contribution < 1.29 is 9.59 Å². The minimum Gasteiger partial charge on any atom is -0.326 e. The van der Waals surface area contributed by atoms with E-state index in [-0.39, 0.29) is 18.2 Å². The molecule has 1 aliphatic rings. The van der Waals surface area contributed by atoms with Gasteiger partial charge in [0, 0.05) is 12.1 Å². The molecule has 3 rings (SSSR count). The molecule has 1 fully saturated rings. The summed E-state index contributed by atoms with van der Waals surface area (Å²) in [6.45, 7) is 2.03. The predicted molar refractivity (Wildman–Crippen MR) is 110 cm³/mol. The Morgan fingerprint density at radius 2 is 1.93 bits per heavy atom. The molecule has 1 atom stereocenters. The number of rotatable bonds is 6. The van der Waals surface area contributed by atoms with E-state index >= 15 is 0 Å². The molecule has 1 aliphatic heterocycles. The Morgan fingerprint density at radius 3 is 2.70 bits per heavy atom. The van der Waals surface area contributed by atoms with Crippen LogP contribution in [0.4, 0.5) is 5.69 Å². The minimum absolute atomic E-state index is 0.0793. The maximum absolute atomic E-state index is 12.3. The molecule has 6 nitrogen and oxygen atoms in total. The predicted octanol–water partition coefficient (Wildman–Crippen LogP) is 3.20. The van der Waals surface area contributed by atoms with Gasteiger partial charge < -0.3 is 10.6 Å². The number of amides is 2. The molecule has 2 amide bonds. The second-order valence-electron chi connectivity index (χ2n) is 5.92. The molecule has 0 aromatic heterocycles. The first-order valence-electron chi connectivity index (χ1n) is 8.67. The van der Waals surface area contributed by atoms with Gasteiger partial charge in [0.2, 0.25) is 11.8 Å². The molecule has 0 radical (unpaired) electrons. The van der Waals surface area contributed by atoms with Crippen LogP contribution in [-0.2, 0) is 16.0 Å². The SMILES string of the molecule is CCc1ccccc1NC(=O)CC1SC(=NN=Cc2ccccc2)NC1=O.